The highest BCUT2D eigenvalue weighted by Crippen LogP contribution is 2.30. The van der Waals surface area contributed by atoms with Gasteiger partial charge >= 0.3 is 0 Å². The van der Waals surface area contributed by atoms with Crippen LogP contribution in [0.1, 0.15) is 5.69 Å². The fourth-order valence-electron chi connectivity index (χ4n) is 2.29. The molecular formula is C17H14Cl2N2O2. The second-order valence-corrected chi connectivity index (χ2v) is 5.73. The van der Waals surface area contributed by atoms with Crippen molar-refractivity contribution in [1.82, 2.24) is 9.78 Å². The molecule has 6 heteroatoms. The first-order valence-corrected chi connectivity index (χ1v) is 7.67. The summed E-state index contributed by atoms with van der Waals surface area (Å²) < 4.78 is 6.93. The predicted octanol–water partition coefficient (Wildman–Crippen LogP) is 4.35. The van der Waals surface area contributed by atoms with Gasteiger partial charge in [0.2, 0.25) is 0 Å². The van der Waals surface area contributed by atoms with E-state index in [1.165, 1.54) is 0 Å². The Kier molecular flexibility index (Phi) is 4.57. The second kappa shape index (κ2) is 6.62. The van der Waals surface area contributed by atoms with E-state index in [0.717, 1.165) is 22.7 Å². The van der Waals surface area contributed by atoms with Crippen molar-refractivity contribution in [2.75, 3.05) is 7.11 Å². The third kappa shape index (κ3) is 3.20. The molecule has 1 aromatic heterocycles. The van der Waals surface area contributed by atoms with Crippen LogP contribution in [0.2, 0.25) is 10.0 Å². The molecule has 118 valence electrons. The molecule has 0 unspecified atom stereocenters. The van der Waals surface area contributed by atoms with Crippen LogP contribution in [0.15, 0.2) is 48.5 Å². The Bertz CT molecular complexity index is 829. The van der Waals surface area contributed by atoms with E-state index in [9.17, 15) is 5.11 Å². The van der Waals surface area contributed by atoms with Crippen LogP contribution in [0.3, 0.4) is 0 Å². The molecule has 0 atom stereocenters. The zero-order chi connectivity index (χ0) is 16.4. The van der Waals surface area contributed by atoms with Gasteiger partial charge < -0.3 is 9.84 Å². The van der Waals surface area contributed by atoms with Crippen molar-refractivity contribution in [2.24, 2.45) is 0 Å². The van der Waals surface area contributed by atoms with Gasteiger partial charge in [0.05, 0.1) is 40.8 Å². The minimum atomic E-state index is -0.141. The van der Waals surface area contributed by atoms with Gasteiger partial charge in [-0.05, 0) is 42.5 Å². The van der Waals surface area contributed by atoms with Crippen LogP contribution in [-0.4, -0.2) is 22.0 Å². The first-order chi connectivity index (χ1) is 11.1. The molecule has 23 heavy (non-hydrogen) atoms. The zero-order valence-corrected chi connectivity index (χ0v) is 13.8. The Hall–Kier alpha value is -2.01. The summed E-state index contributed by atoms with van der Waals surface area (Å²) in [5.74, 6) is 0.763. The third-order valence-corrected chi connectivity index (χ3v) is 4.19. The maximum Gasteiger partial charge on any atom is 0.119 e. The Balaban J connectivity index is 2.12. The average Bonchev–Trinajstić information content (AvgIpc) is 3.02. The SMILES string of the molecule is COc1ccc(-n2nc(CO)cc2-c2ccc(Cl)c(Cl)c2)cc1. The van der Waals surface area contributed by atoms with Crippen LogP contribution in [-0.2, 0) is 6.61 Å². The number of ether oxygens (including phenoxy) is 1. The van der Waals surface area contributed by atoms with E-state index in [1.54, 1.807) is 23.9 Å². The largest absolute Gasteiger partial charge is 0.497 e. The summed E-state index contributed by atoms with van der Waals surface area (Å²) >= 11 is 12.1. The van der Waals surface area contributed by atoms with E-state index in [2.05, 4.69) is 5.10 Å². The van der Waals surface area contributed by atoms with Crippen molar-refractivity contribution in [3.05, 3.63) is 64.3 Å². The van der Waals surface area contributed by atoms with Crippen molar-refractivity contribution < 1.29 is 9.84 Å². The van der Waals surface area contributed by atoms with Crippen LogP contribution >= 0.6 is 23.2 Å². The molecule has 0 bridgehead atoms. The number of hydrogen-bond donors (Lipinski definition) is 1. The lowest BCUT2D eigenvalue weighted by molar-refractivity contribution is 0.276. The molecular weight excluding hydrogens is 335 g/mol. The molecule has 0 aliphatic rings. The first-order valence-electron chi connectivity index (χ1n) is 6.92. The standard InChI is InChI=1S/C17H14Cl2N2O2/c1-23-14-5-3-13(4-6-14)21-17(9-12(10-22)20-21)11-2-7-15(18)16(19)8-11/h2-9,22H,10H2,1H3. The first kappa shape index (κ1) is 15.9. The lowest BCUT2D eigenvalue weighted by Gasteiger charge is -2.09. The van der Waals surface area contributed by atoms with Crippen LogP contribution in [0.5, 0.6) is 5.75 Å². The number of aromatic nitrogens is 2. The number of methoxy groups -OCH3 is 1. The van der Waals surface area contributed by atoms with Crippen LogP contribution in [0.4, 0.5) is 0 Å². The molecule has 1 N–H and O–H groups in total. The predicted molar refractivity (Wildman–Crippen MR) is 91.5 cm³/mol. The van der Waals surface area contributed by atoms with Crippen LogP contribution in [0.25, 0.3) is 16.9 Å². The summed E-state index contributed by atoms with van der Waals surface area (Å²) in [6.45, 7) is -0.141. The van der Waals surface area contributed by atoms with E-state index in [1.807, 2.05) is 36.4 Å². The highest BCUT2D eigenvalue weighted by molar-refractivity contribution is 6.42. The number of aliphatic hydroxyl groups excluding tert-OH is 1. The van der Waals surface area contributed by atoms with Crippen LogP contribution < -0.4 is 4.74 Å². The fraction of sp³-hybridized carbons (Fsp3) is 0.118. The van der Waals surface area contributed by atoms with Crippen molar-refractivity contribution >= 4 is 23.2 Å². The molecule has 0 saturated heterocycles. The molecule has 4 nitrogen and oxygen atoms in total. The molecule has 0 aliphatic heterocycles. The van der Waals surface area contributed by atoms with Crippen molar-refractivity contribution in [3.8, 4) is 22.7 Å². The van der Waals surface area contributed by atoms with Gasteiger partial charge in [-0.2, -0.15) is 5.10 Å². The molecule has 0 fully saturated rings. The van der Waals surface area contributed by atoms with Gasteiger partial charge in [0.15, 0.2) is 0 Å². The summed E-state index contributed by atoms with van der Waals surface area (Å²) in [6.07, 6.45) is 0. The van der Waals surface area contributed by atoms with Gasteiger partial charge in [-0.25, -0.2) is 4.68 Å². The summed E-state index contributed by atoms with van der Waals surface area (Å²) in [5, 5.41) is 14.8. The fourth-order valence-corrected chi connectivity index (χ4v) is 2.59. The summed E-state index contributed by atoms with van der Waals surface area (Å²) in [7, 11) is 1.62. The molecule has 2 aromatic carbocycles. The van der Waals surface area contributed by atoms with Crippen molar-refractivity contribution in [2.45, 2.75) is 6.61 Å². The lowest BCUT2D eigenvalue weighted by atomic mass is 10.1. The molecule has 3 rings (SSSR count). The Morgan fingerprint density at radius 2 is 1.78 bits per heavy atom. The molecule has 0 radical (unpaired) electrons. The van der Waals surface area contributed by atoms with E-state index >= 15 is 0 Å². The zero-order valence-electron chi connectivity index (χ0n) is 12.3. The summed E-state index contributed by atoms with van der Waals surface area (Å²) in [5.41, 5.74) is 3.11. The molecule has 0 spiro atoms. The number of benzene rings is 2. The number of aliphatic hydroxyl groups is 1. The van der Waals surface area contributed by atoms with E-state index in [-0.39, 0.29) is 6.61 Å². The minimum absolute atomic E-state index is 0.141. The topological polar surface area (TPSA) is 47.3 Å². The molecule has 0 saturated carbocycles. The average molecular weight is 349 g/mol. The maximum atomic E-state index is 9.41. The molecule has 0 amide bonds. The quantitative estimate of drug-likeness (QED) is 0.762. The van der Waals surface area contributed by atoms with Gasteiger partial charge in [-0.1, -0.05) is 29.3 Å². The number of halogens is 2. The second-order valence-electron chi connectivity index (χ2n) is 4.92. The van der Waals surface area contributed by atoms with E-state index in [4.69, 9.17) is 27.9 Å². The number of nitrogens with zero attached hydrogens (tertiary/aromatic N) is 2. The van der Waals surface area contributed by atoms with Crippen molar-refractivity contribution in [3.63, 3.8) is 0 Å². The number of hydrogen-bond acceptors (Lipinski definition) is 3. The smallest absolute Gasteiger partial charge is 0.119 e. The highest BCUT2D eigenvalue weighted by Gasteiger charge is 2.13. The van der Waals surface area contributed by atoms with E-state index < -0.39 is 0 Å². The van der Waals surface area contributed by atoms with Gasteiger partial charge in [-0.3, -0.25) is 0 Å². The summed E-state index contributed by atoms with van der Waals surface area (Å²) in [4.78, 5) is 0. The molecule has 1 heterocycles. The Labute approximate surface area is 143 Å². The van der Waals surface area contributed by atoms with Crippen molar-refractivity contribution in [1.29, 1.82) is 0 Å². The Morgan fingerprint density at radius 3 is 2.39 bits per heavy atom. The minimum Gasteiger partial charge on any atom is -0.497 e. The Morgan fingerprint density at radius 1 is 1.04 bits per heavy atom. The summed E-state index contributed by atoms with van der Waals surface area (Å²) in [6, 6.07) is 14.7. The van der Waals surface area contributed by atoms with Gasteiger partial charge in [0.25, 0.3) is 0 Å². The van der Waals surface area contributed by atoms with E-state index in [0.29, 0.717) is 15.7 Å². The monoisotopic (exact) mass is 348 g/mol. The van der Waals surface area contributed by atoms with Gasteiger partial charge in [-0.15, -0.1) is 0 Å². The lowest BCUT2D eigenvalue weighted by Crippen LogP contribution is -2.00. The number of rotatable bonds is 4. The van der Waals surface area contributed by atoms with Crippen LogP contribution in [0, 0.1) is 0 Å². The third-order valence-electron chi connectivity index (χ3n) is 3.45. The van der Waals surface area contributed by atoms with Gasteiger partial charge in [0, 0.05) is 5.56 Å². The molecule has 0 aliphatic carbocycles. The van der Waals surface area contributed by atoms with Gasteiger partial charge in [0.1, 0.15) is 5.75 Å². The highest BCUT2D eigenvalue weighted by atomic mass is 35.5. The molecule has 3 aromatic rings. The normalized spacial score (nSPS) is 10.8. The maximum absolute atomic E-state index is 9.41.